The molecular weight excluding hydrogens is 298 g/mol. The van der Waals surface area contributed by atoms with E-state index in [0.717, 1.165) is 5.56 Å². The van der Waals surface area contributed by atoms with Crippen LogP contribution in [0.1, 0.15) is 19.4 Å². The first-order valence-corrected chi connectivity index (χ1v) is 7.11. The molecule has 1 aliphatic heterocycles. The Hall–Kier alpha value is -2.76. The Balaban J connectivity index is 2.39. The topological polar surface area (TPSA) is 77.4 Å². The van der Waals surface area contributed by atoms with E-state index in [0.29, 0.717) is 22.9 Å². The molecule has 0 aliphatic carbocycles. The molecule has 122 valence electrons. The second-order valence-corrected chi connectivity index (χ2v) is 4.79. The summed E-state index contributed by atoms with van der Waals surface area (Å²) in [5.74, 6) is 0.403. The van der Waals surface area contributed by atoms with Crippen molar-refractivity contribution in [3.63, 3.8) is 0 Å². The lowest BCUT2D eigenvalue weighted by molar-refractivity contribution is -0.138. The van der Waals surface area contributed by atoms with E-state index < -0.39 is 5.97 Å². The number of nitrogens with zero attached hydrogens (tertiary/aromatic N) is 1. The van der Waals surface area contributed by atoms with Crippen LogP contribution >= 0.6 is 0 Å². The molecule has 6 heteroatoms. The zero-order valence-electron chi connectivity index (χ0n) is 13.5. The number of aliphatic hydroxyl groups excluding tert-OH is 1. The van der Waals surface area contributed by atoms with Crippen molar-refractivity contribution in [2.45, 2.75) is 13.8 Å². The lowest BCUT2D eigenvalue weighted by Crippen LogP contribution is -2.13. The predicted molar refractivity (Wildman–Crippen MR) is 86.9 cm³/mol. The van der Waals surface area contributed by atoms with Crippen LogP contribution in [0.25, 0.3) is 6.08 Å². The fraction of sp³-hybridized carbons (Fsp3) is 0.294. The Morgan fingerprint density at radius 2 is 1.96 bits per heavy atom. The van der Waals surface area contributed by atoms with Crippen LogP contribution in [0.15, 0.2) is 40.2 Å². The molecule has 0 saturated carbocycles. The lowest BCUT2D eigenvalue weighted by atomic mass is 10.1. The van der Waals surface area contributed by atoms with Gasteiger partial charge in [0.1, 0.15) is 11.3 Å². The SMILES string of the molecule is CCOC(=O)C1=C(O)/C(=C/c2ccc(OC)c(OC)c2)N=C1C. The molecule has 23 heavy (non-hydrogen) atoms. The molecule has 2 rings (SSSR count). The smallest absolute Gasteiger partial charge is 0.343 e. The summed E-state index contributed by atoms with van der Waals surface area (Å²) in [6.45, 7) is 3.59. The molecule has 0 amide bonds. The minimum Gasteiger partial charge on any atom is -0.505 e. The number of hydrogen-bond donors (Lipinski definition) is 1. The normalized spacial score (nSPS) is 15.7. The van der Waals surface area contributed by atoms with E-state index in [-0.39, 0.29) is 17.9 Å². The third kappa shape index (κ3) is 3.36. The van der Waals surface area contributed by atoms with Gasteiger partial charge in [-0.1, -0.05) is 6.07 Å². The van der Waals surface area contributed by atoms with Gasteiger partial charge in [-0.05, 0) is 37.6 Å². The van der Waals surface area contributed by atoms with Gasteiger partial charge in [-0.2, -0.15) is 0 Å². The van der Waals surface area contributed by atoms with Crippen LogP contribution in [0, 0.1) is 0 Å². The third-order valence-corrected chi connectivity index (χ3v) is 3.32. The number of rotatable bonds is 5. The molecule has 1 aromatic rings. The summed E-state index contributed by atoms with van der Waals surface area (Å²) in [4.78, 5) is 16.1. The summed E-state index contributed by atoms with van der Waals surface area (Å²) in [5.41, 5.74) is 1.58. The van der Waals surface area contributed by atoms with Gasteiger partial charge in [0.2, 0.25) is 0 Å². The van der Waals surface area contributed by atoms with Crippen molar-refractivity contribution in [3.05, 3.63) is 40.8 Å². The molecular formula is C17H19NO5. The molecule has 0 spiro atoms. The van der Waals surface area contributed by atoms with E-state index in [1.54, 1.807) is 52.3 Å². The van der Waals surface area contributed by atoms with E-state index in [4.69, 9.17) is 14.2 Å². The largest absolute Gasteiger partial charge is 0.505 e. The maximum Gasteiger partial charge on any atom is 0.343 e. The van der Waals surface area contributed by atoms with Crippen molar-refractivity contribution in [2.75, 3.05) is 20.8 Å². The van der Waals surface area contributed by atoms with Gasteiger partial charge >= 0.3 is 5.97 Å². The fourth-order valence-corrected chi connectivity index (χ4v) is 2.24. The molecule has 1 heterocycles. The summed E-state index contributed by atoms with van der Waals surface area (Å²) in [6, 6.07) is 5.31. The third-order valence-electron chi connectivity index (χ3n) is 3.32. The fourth-order valence-electron chi connectivity index (χ4n) is 2.24. The highest BCUT2D eigenvalue weighted by Crippen LogP contribution is 2.31. The predicted octanol–water partition coefficient (Wildman–Crippen LogP) is 2.89. The first kappa shape index (κ1) is 16.6. The van der Waals surface area contributed by atoms with Crippen molar-refractivity contribution >= 4 is 17.8 Å². The average Bonchev–Trinajstić information content (AvgIpc) is 2.81. The minimum atomic E-state index is -0.582. The van der Waals surface area contributed by atoms with Crippen LogP contribution in [0.3, 0.4) is 0 Å². The number of methoxy groups -OCH3 is 2. The van der Waals surface area contributed by atoms with E-state index in [1.165, 1.54) is 0 Å². The Kier molecular flexibility index (Phi) is 5.05. The summed E-state index contributed by atoms with van der Waals surface area (Å²) in [6.07, 6.45) is 1.66. The number of esters is 1. The number of carbonyl (C=O) groups excluding carboxylic acids is 1. The van der Waals surface area contributed by atoms with Crippen LogP contribution in [-0.4, -0.2) is 37.6 Å². The highest BCUT2D eigenvalue weighted by atomic mass is 16.5. The first-order chi connectivity index (χ1) is 11.0. The average molecular weight is 317 g/mol. The van der Waals surface area contributed by atoms with Crippen molar-refractivity contribution < 1.29 is 24.1 Å². The van der Waals surface area contributed by atoms with Crippen molar-refractivity contribution in [1.82, 2.24) is 0 Å². The van der Waals surface area contributed by atoms with Crippen LogP contribution < -0.4 is 9.47 Å². The van der Waals surface area contributed by atoms with Crippen molar-refractivity contribution in [3.8, 4) is 11.5 Å². The molecule has 0 fully saturated rings. The standard InChI is InChI=1S/C17H19NO5/c1-5-23-17(20)15-10(2)18-12(16(15)19)8-11-6-7-13(21-3)14(9-11)22-4/h6-9,19H,5H2,1-4H3/b12-8-. The number of aliphatic imine (C=N–C) groups is 1. The van der Waals surface area contributed by atoms with Gasteiger partial charge < -0.3 is 19.3 Å². The molecule has 0 bridgehead atoms. The maximum atomic E-state index is 11.9. The summed E-state index contributed by atoms with van der Waals surface area (Å²) in [5, 5.41) is 10.2. The Morgan fingerprint density at radius 3 is 2.57 bits per heavy atom. The van der Waals surface area contributed by atoms with Crippen molar-refractivity contribution in [2.24, 2.45) is 4.99 Å². The molecule has 0 radical (unpaired) electrons. The zero-order chi connectivity index (χ0) is 17.0. The summed E-state index contributed by atoms with van der Waals surface area (Å²) >= 11 is 0. The van der Waals surface area contributed by atoms with Crippen LogP contribution in [0.5, 0.6) is 11.5 Å². The number of hydrogen-bond acceptors (Lipinski definition) is 6. The van der Waals surface area contributed by atoms with Gasteiger partial charge in [0.25, 0.3) is 0 Å². The van der Waals surface area contributed by atoms with Gasteiger partial charge in [-0.3, -0.25) is 0 Å². The number of benzene rings is 1. The van der Waals surface area contributed by atoms with Gasteiger partial charge in [-0.15, -0.1) is 0 Å². The Labute approximate surface area is 134 Å². The van der Waals surface area contributed by atoms with E-state index in [1.807, 2.05) is 0 Å². The van der Waals surface area contributed by atoms with E-state index in [9.17, 15) is 9.90 Å². The summed E-state index contributed by atoms with van der Waals surface area (Å²) in [7, 11) is 3.10. The van der Waals surface area contributed by atoms with Crippen molar-refractivity contribution in [1.29, 1.82) is 0 Å². The molecule has 0 unspecified atom stereocenters. The highest BCUT2D eigenvalue weighted by Gasteiger charge is 2.27. The van der Waals surface area contributed by atoms with E-state index >= 15 is 0 Å². The second kappa shape index (κ2) is 7.00. The molecule has 0 atom stereocenters. The lowest BCUT2D eigenvalue weighted by Gasteiger charge is -2.08. The first-order valence-electron chi connectivity index (χ1n) is 7.11. The number of ether oxygens (including phenoxy) is 3. The van der Waals surface area contributed by atoms with Gasteiger partial charge in [-0.25, -0.2) is 9.79 Å². The zero-order valence-corrected chi connectivity index (χ0v) is 13.5. The highest BCUT2D eigenvalue weighted by molar-refractivity contribution is 6.22. The van der Waals surface area contributed by atoms with Crippen LogP contribution in [0.4, 0.5) is 0 Å². The minimum absolute atomic E-state index is 0.0959. The molecule has 1 N–H and O–H groups in total. The van der Waals surface area contributed by atoms with Gasteiger partial charge in [0, 0.05) is 0 Å². The summed E-state index contributed by atoms with van der Waals surface area (Å²) < 4.78 is 15.4. The monoisotopic (exact) mass is 317 g/mol. The molecule has 0 saturated heterocycles. The molecule has 1 aromatic carbocycles. The molecule has 0 aromatic heterocycles. The van der Waals surface area contributed by atoms with Crippen LogP contribution in [-0.2, 0) is 9.53 Å². The van der Waals surface area contributed by atoms with Gasteiger partial charge in [0.05, 0.1) is 26.5 Å². The second-order valence-electron chi connectivity index (χ2n) is 4.79. The van der Waals surface area contributed by atoms with E-state index in [2.05, 4.69) is 4.99 Å². The molecule has 6 nitrogen and oxygen atoms in total. The number of carbonyl (C=O) groups is 1. The Morgan fingerprint density at radius 1 is 1.26 bits per heavy atom. The quantitative estimate of drug-likeness (QED) is 0.845. The maximum absolute atomic E-state index is 11.9. The van der Waals surface area contributed by atoms with Crippen LogP contribution in [0.2, 0.25) is 0 Å². The number of aliphatic hydroxyl groups is 1. The van der Waals surface area contributed by atoms with Gasteiger partial charge in [0.15, 0.2) is 17.3 Å². The molecule has 1 aliphatic rings. The Bertz CT molecular complexity index is 716.